The van der Waals surface area contributed by atoms with Gasteiger partial charge in [-0.25, -0.2) is 0 Å². The van der Waals surface area contributed by atoms with E-state index >= 15 is 0 Å². The summed E-state index contributed by atoms with van der Waals surface area (Å²) in [5.41, 5.74) is 0. The third kappa shape index (κ3) is 13.1. The summed E-state index contributed by atoms with van der Waals surface area (Å²) < 4.78 is 0. The Morgan fingerprint density at radius 3 is 2.25 bits per heavy atom. The van der Waals surface area contributed by atoms with Gasteiger partial charge in [0, 0.05) is 19.5 Å². The minimum absolute atomic E-state index is 0.0685. The summed E-state index contributed by atoms with van der Waals surface area (Å²) in [7, 11) is 0. The van der Waals surface area contributed by atoms with Crippen LogP contribution in [0.5, 0.6) is 0 Å². The van der Waals surface area contributed by atoms with Gasteiger partial charge in [-0.15, -0.1) is 0 Å². The second-order valence-electron chi connectivity index (χ2n) is 6.38. The Hall–Kier alpha value is -1.36. The third-order valence-electron chi connectivity index (χ3n) is 4.16. The van der Waals surface area contributed by atoms with Gasteiger partial charge in [0.05, 0.1) is 6.10 Å². The van der Waals surface area contributed by atoms with Crippen molar-refractivity contribution in [2.75, 3.05) is 13.1 Å². The number of carboxylic acid groups (broad SMARTS) is 1. The predicted octanol–water partition coefficient (Wildman–Crippen LogP) is 3.76. The fourth-order valence-corrected chi connectivity index (χ4v) is 2.69. The van der Waals surface area contributed by atoms with E-state index in [0.29, 0.717) is 19.5 Å². The molecule has 5 nitrogen and oxygen atoms in total. The standard InChI is InChI=1S/C19H35NO4/c1-3-5-8-12-17(21)13-11-16-20(18(22)4-2)15-10-7-6-9-14-19(23)24/h4,17,21H,2-3,5-16H2,1H3,(H,23,24). The van der Waals surface area contributed by atoms with Crippen molar-refractivity contribution in [1.29, 1.82) is 0 Å². The molecule has 140 valence electrons. The smallest absolute Gasteiger partial charge is 0.303 e. The molecule has 5 heteroatoms. The highest BCUT2D eigenvalue weighted by molar-refractivity contribution is 5.86. The Morgan fingerprint density at radius 1 is 1.00 bits per heavy atom. The summed E-state index contributed by atoms with van der Waals surface area (Å²) in [5.74, 6) is -0.822. The van der Waals surface area contributed by atoms with Crippen LogP contribution in [0.25, 0.3) is 0 Å². The average Bonchev–Trinajstić information content (AvgIpc) is 2.55. The zero-order chi connectivity index (χ0) is 18.2. The van der Waals surface area contributed by atoms with E-state index in [1.54, 1.807) is 4.90 Å². The first kappa shape index (κ1) is 22.6. The zero-order valence-corrected chi connectivity index (χ0v) is 15.2. The molecule has 0 spiro atoms. The van der Waals surface area contributed by atoms with Crippen LogP contribution in [0.3, 0.4) is 0 Å². The van der Waals surface area contributed by atoms with Gasteiger partial charge in [0.2, 0.25) is 5.91 Å². The second-order valence-corrected chi connectivity index (χ2v) is 6.38. The number of aliphatic hydroxyl groups is 1. The summed E-state index contributed by atoms with van der Waals surface area (Å²) in [5, 5.41) is 18.5. The number of rotatable bonds is 16. The molecule has 0 radical (unpaired) electrons. The van der Waals surface area contributed by atoms with E-state index in [0.717, 1.165) is 57.8 Å². The highest BCUT2D eigenvalue weighted by Crippen LogP contribution is 2.10. The number of aliphatic hydroxyl groups excluding tert-OH is 1. The molecule has 0 aromatic heterocycles. The normalized spacial score (nSPS) is 11.9. The van der Waals surface area contributed by atoms with Crippen molar-refractivity contribution < 1.29 is 19.8 Å². The van der Waals surface area contributed by atoms with Gasteiger partial charge in [0.1, 0.15) is 0 Å². The molecule has 0 aliphatic heterocycles. The maximum atomic E-state index is 11.9. The first-order valence-corrected chi connectivity index (χ1v) is 9.32. The summed E-state index contributed by atoms with van der Waals surface area (Å²) in [6.45, 7) is 7.01. The lowest BCUT2D eigenvalue weighted by Crippen LogP contribution is -2.32. The molecular formula is C19H35NO4. The van der Waals surface area contributed by atoms with Crippen molar-refractivity contribution in [3.05, 3.63) is 12.7 Å². The number of aliphatic carboxylic acids is 1. The van der Waals surface area contributed by atoms with E-state index in [-0.39, 0.29) is 18.4 Å². The molecule has 1 unspecified atom stereocenters. The van der Waals surface area contributed by atoms with Gasteiger partial charge in [-0.05, 0) is 38.2 Å². The lowest BCUT2D eigenvalue weighted by Gasteiger charge is -2.22. The molecule has 0 aliphatic rings. The number of hydrogen-bond donors (Lipinski definition) is 2. The first-order valence-electron chi connectivity index (χ1n) is 9.32. The average molecular weight is 341 g/mol. The molecule has 0 rings (SSSR count). The summed E-state index contributed by atoms with van der Waals surface area (Å²) in [6, 6.07) is 0. The van der Waals surface area contributed by atoms with Gasteiger partial charge in [-0.3, -0.25) is 9.59 Å². The number of carboxylic acids is 1. The van der Waals surface area contributed by atoms with Crippen LogP contribution in [0.15, 0.2) is 12.7 Å². The van der Waals surface area contributed by atoms with Crippen molar-refractivity contribution in [3.8, 4) is 0 Å². The molecular weight excluding hydrogens is 306 g/mol. The van der Waals surface area contributed by atoms with Crippen molar-refractivity contribution in [1.82, 2.24) is 4.90 Å². The minimum atomic E-state index is -0.754. The maximum Gasteiger partial charge on any atom is 0.303 e. The molecule has 0 saturated carbocycles. The topological polar surface area (TPSA) is 77.8 Å². The number of nitrogens with zero attached hydrogens (tertiary/aromatic N) is 1. The largest absolute Gasteiger partial charge is 0.481 e. The van der Waals surface area contributed by atoms with Gasteiger partial charge >= 0.3 is 5.97 Å². The quantitative estimate of drug-likeness (QED) is 0.331. The van der Waals surface area contributed by atoms with E-state index in [9.17, 15) is 14.7 Å². The Labute approximate surface area is 146 Å². The number of carbonyl (C=O) groups is 2. The van der Waals surface area contributed by atoms with Gasteiger partial charge in [-0.2, -0.15) is 0 Å². The zero-order valence-electron chi connectivity index (χ0n) is 15.2. The van der Waals surface area contributed by atoms with Crippen LogP contribution in [0.2, 0.25) is 0 Å². The van der Waals surface area contributed by atoms with Gasteiger partial charge in [-0.1, -0.05) is 45.6 Å². The fourth-order valence-electron chi connectivity index (χ4n) is 2.69. The molecule has 0 heterocycles. The van der Waals surface area contributed by atoms with Crippen LogP contribution in [0.1, 0.15) is 77.6 Å². The van der Waals surface area contributed by atoms with Gasteiger partial charge < -0.3 is 15.1 Å². The van der Waals surface area contributed by atoms with E-state index in [2.05, 4.69) is 13.5 Å². The van der Waals surface area contributed by atoms with E-state index in [1.165, 1.54) is 6.08 Å². The maximum absolute atomic E-state index is 11.9. The van der Waals surface area contributed by atoms with Crippen LogP contribution in [0, 0.1) is 0 Å². The van der Waals surface area contributed by atoms with Gasteiger partial charge in [0.15, 0.2) is 0 Å². The molecule has 0 aromatic rings. The van der Waals surface area contributed by atoms with Crippen LogP contribution < -0.4 is 0 Å². The lowest BCUT2D eigenvalue weighted by molar-refractivity contribution is -0.137. The Bertz CT molecular complexity index is 357. The number of amides is 1. The number of unbranched alkanes of at least 4 members (excludes halogenated alkanes) is 5. The summed E-state index contributed by atoms with van der Waals surface area (Å²) >= 11 is 0. The SMILES string of the molecule is C=CC(=O)N(CCCCCCC(=O)O)CCCC(O)CCCCC. The van der Waals surface area contributed by atoms with E-state index in [1.807, 2.05) is 0 Å². The lowest BCUT2D eigenvalue weighted by atomic mass is 10.1. The molecule has 0 bridgehead atoms. The van der Waals surface area contributed by atoms with Crippen molar-refractivity contribution in [2.24, 2.45) is 0 Å². The minimum Gasteiger partial charge on any atom is -0.481 e. The van der Waals surface area contributed by atoms with Crippen LogP contribution in [0.4, 0.5) is 0 Å². The van der Waals surface area contributed by atoms with Crippen molar-refractivity contribution in [2.45, 2.75) is 83.7 Å². The molecule has 0 fully saturated rings. The Morgan fingerprint density at radius 2 is 1.62 bits per heavy atom. The summed E-state index contributed by atoms with van der Waals surface area (Å²) in [6.07, 6.45) is 10.4. The molecule has 1 atom stereocenters. The van der Waals surface area contributed by atoms with Crippen LogP contribution >= 0.6 is 0 Å². The Balaban J connectivity index is 3.91. The van der Waals surface area contributed by atoms with E-state index in [4.69, 9.17) is 5.11 Å². The third-order valence-corrected chi connectivity index (χ3v) is 4.16. The van der Waals surface area contributed by atoms with Crippen molar-refractivity contribution in [3.63, 3.8) is 0 Å². The fraction of sp³-hybridized carbons (Fsp3) is 0.789. The number of carbonyl (C=O) groups excluding carboxylic acids is 1. The molecule has 0 aliphatic carbocycles. The molecule has 0 saturated heterocycles. The Kier molecular flexibility index (Phi) is 14.3. The number of hydrogen-bond acceptors (Lipinski definition) is 3. The van der Waals surface area contributed by atoms with Gasteiger partial charge in [0.25, 0.3) is 0 Å². The summed E-state index contributed by atoms with van der Waals surface area (Å²) in [4.78, 5) is 24.1. The predicted molar refractivity (Wildman–Crippen MR) is 96.9 cm³/mol. The highest BCUT2D eigenvalue weighted by atomic mass is 16.4. The van der Waals surface area contributed by atoms with Crippen molar-refractivity contribution >= 4 is 11.9 Å². The van der Waals surface area contributed by atoms with E-state index < -0.39 is 5.97 Å². The van der Waals surface area contributed by atoms with Crippen LogP contribution in [-0.4, -0.2) is 46.2 Å². The second kappa shape index (κ2) is 15.2. The molecule has 24 heavy (non-hydrogen) atoms. The molecule has 2 N–H and O–H groups in total. The van der Waals surface area contributed by atoms with Crippen LogP contribution in [-0.2, 0) is 9.59 Å². The first-order chi connectivity index (χ1) is 11.5. The highest BCUT2D eigenvalue weighted by Gasteiger charge is 2.11. The molecule has 1 amide bonds. The monoisotopic (exact) mass is 341 g/mol. The molecule has 0 aromatic carbocycles.